The van der Waals surface area contributed by atoms with E-state index in [2.05, 4.69) is 0 Å². The number of halogens is 10. The van der Waals surface area contributed by atoms with Gasteiger partial charge in [0.05, 0.1) is 5.60 Å². The summed E-state index contributed by atoms with van der Waals surface area (Å²) in [4.78, 5) is 0. The standard InChI is InChI=1S/C11H5F10O.Cs/c12-8(13,10(16,17)18)7(22,6-4-2-1-3-5-6)9(14,15)11(19,20)21;/h1-5H;/q-1;+1. The largest absolute Gasteiger partial charge is 1.00 e. The summed E-state index contributed by atoms with van der Waals surface area (Å²) >= 11 is 0. The van der Waals surface area contributed by atoms with E-state index in [-0.39, 0.29) is 81.0 Å². The molecule has 0 atom stereocenters. The minimum absolute atomic E-state index is 0. The Morgan fingerprint density at radius 1 is 0.609 bits per heavy atom. The van der Waals surface area contributed by atoms with Crippen molar-refractivity contribution >= 4 is 0 Å². The van der Waals surface area contributed by atoms with Gasteiger partial charge in [-0.05, 0) is 5.56 Å². The van der Waals surface area contributed by atoms with Crippen molar-refractivity contribution in [1.29, 1.82) is 0 Å². The van der Waals surface area contributed by atoms with E-state index in [0.29, 0.717) is 12.1 Å². The zero-order valence-corrected chi connectivity index (χ0v) is 17.4. The number of hydrogen-bond acceptors (Lipinski definition) is 1. The summed E-state index contributed by atoms with van der Waals surface area (Å²) in [6.45, 7) is 0. The van der Waals surface area contributed by atoms with Crippen LogP contribution in [0.3, 0.4) is 0 Å². The fourth-order valence-electron chi connectivity index (χ4n) is 1.63. The Labute approximate surface area is 181 Å². The van der Waals surface area contributed by atoms with Crippen LogP contribution >= 0.6 is 0 Å². The molecule has 12 heteroatoms. The third kappa shape index (κ3) is 3.72. The Balaban J connectivity index is 0.00000484. The molecule has 0 aliphatic rings. The third-order valence-electron chi connectivity index (χ3n) is 2.78. The summed E-state index contributed by atoms with van der Waals surface area (Å²) in [5, 5.41) is 11.7. The molecule has 126 valence electrons. The van der Waals surface area contributed by atoms with Gasteiger partial charge in [-0.15, -0.1) is 0 Å². The maximum Gasteiger partial charge on any atom is 1.00 e. The maximum atomic E-state index is 13.3. The minimum Gasteiger partial charge on any atom is -0.837 e. The van der Waals surface area contributed by atoms with Crippen molar-refractivity contribution in [2.75, 3.05) is 0 Å². The number of benzene rings is 1. The first-order valence-electron chi connectivity index (χ1n) is 5.25. The van der Waals surface area contributed by atoms with Gasteiger partial charge in [0.1, 0.15) is 0 Å². The van der Waals surface area contributed by atoms with Crippen LogP contribution in [0.5, 0.6) is 0 Å². The first kappa shape index (κ1) is 23.5. The molecule has 0 saturated heterocycles. The summed E-state index contributed by atoms with van der Waals surface area (Å²) in [7, 11) is 0. The summed E-state index contributed by atoms with van der Waals surface area (Å²) in [5.41, 5.74) is -8.16. The predicted octanol–water partition coefficient (Wildman–Crippen LogP) is 0.641. The number of rotatable bonds is 3. The zero-order chi connectivity index (χ0) is 17.6. The predicted molar refractivity (Wildman–Crippen MR) is 50.1 cm³/mol. The van der Waals surface area contributed by atoms with Crippen molar-refractivity contribution in [3.8, 4) is 0 Å². The monoisotopic (exact) mass is 476 g/mol. The molecule has 0 heterocycles. The minimum atomic E-state index is -6.92. The molecule has 0 unspecified atom stereocenters. The van der Waals surface area contributed by atoms with Crippen LogP contribution in [0.2, 0.25) is 0 Å². The zero-order valence-electron chi connectivity index (χ0n) is 11.1. The first-order valence-corrected chi connectivity index (χ1v) is 5.25. The molecular formula is C11H5CsF10O. The summed E-state index contributed by atoms with van der Waals surface area (Å²) in [6, 6.07) is 2.20. The van der Waals surface area contributed by atoms with E-state index in [1.807, 2.05) is 0 Å². The third-order valence-corrected chi connectivity index (χ3v) is 2.78. The summed E-state index contributed by atoms with van der Waals surface area (Å²) in [6.07, 6.45) is -13.8. The Morgan fingerprint density at radius 2 is 0.913 bits per heavy atom. The van der Waals surface area contributed by atoms with Crippen LogP contribution in [-0.2, 0) is 5.60 Å². The number of alkyl halides is 10. The molecule has 0 saturated carbocycles. The van der Waals surface area contributed by atoms with Gasteiger partial charge < -0.3 is 5.11 Å². The van der Waals surface area contributed by atoms with Gasteiger partial charge >= 0.3 is 93.1 Å². The summed E-state index contributed by atoms with van der Waals surface area (Å²) in [5.74, 6) is -13.8. The van der Waals surface area contributed by atoms with E-state index in [4.69, 9.17) is 0 Å². The van der Waals surface area contributed by atoms with Crippen molar-refractivity contribution in [1.82, 2.24) is 0 Å². The molecule has 0 N–H and O–H groups in total. The van der Waals surface area contributed by atoms with Gasteiger partial charge in [-0.3, -0.25) is 0 Å². The van der Waals surface area contributed by atoms with Crippen molar-refractivity contribution < 1.29 is 118 Å². The molecule has 1 aromatic rings. The second-order valence-electron chi connectivity index (χ2n) is 4.19. The van der Waals surface area contributed by atoms with E-state index >= 15 is 0 Å². The van der Waals surface area contributed by atoms with Gasteiger partial charge in [-0.1, -0.05) is 30.3 Å². The molecule has 1 aromatic carbocycles. The van der Waals surface area contributed by atoms with Crippen LogP contribution in [0, 0.1) is 0 Å². The van der Waals surface area contributed by atoms with Crippen LogP contribution in [0.4, 0.5) is 43.9 Å². The fourth-order valence-corrected chi connectivity index (χ4v) is 1.63. The molecule has 23 heavy (non-hydrogen) atoms. The van der Waals surface area contributed by atoms with Gasteiger partial charge in [-0.2, -0.15) is 43.9 Å². The molecular weight excluding hydrogens is 471 g/mol. The molecule has 0 radical (unpaired) electrons. The number of hydrogen-bond donors (Lipinski definition) is 0. The topological polar surface area (TPSA) is 23.1 Å². The molecule has 1 rings (SSSR count). The first-order chi connectivity index (χ1) is 9.61. The SMILES string of the molecule is [Cs+].[O-]C(c1ccccc1)(C(F)(F)C(F)(F)F)C(F)(F)C(F)(F)F. The van der Waals surface area contributed by atoms with Crippen molar-refractivity contribution in [2.45, 2.75) is 29.8 Å². The van der Waals surface area contributed by atoms with E-state index < -0.39 is 35.4 Å². The van der Waals surface area contributed by atoms with Crippen LogP contribution in [0.25, 0.3) is 0 Å². The Hall–Kier alpha value is 0.532. The van der Waals surface area contributed by atoms with E-state index in [1.54, 1.807) is 0 Å². The second kappa shape index (κ2) is 7.04. The van der Waals surface area contributed by atoms with E-state index in [0.717, 1.165) is 6.07 Å². The molecule has 0 fully saturated rings. The average molecular weight is 476 g/mol. The van der Waals surface area contributed by atoms with E-state index in [1.165, 1.54) is 0 Å². The van der Waals surface area contributed by atoms with Crippen LogP contribution < -0.4 is 74.0 Å². The van der Waals surface area contributed by atoms with Crippen molar-refractivity contribution in [3.05, 3.63) is 35.9 Å². The normalized spacial score (nSPS) is 14.4. The average Bonchev–Trinajstić information content (AvgIpc) is 2.35. The van der Waals surface area contributed by atoms with Crippen LogP contribution in [-0.4, -0.2) is 24.2 Å². The summed E-state index contributed by atoms with van der Waals surface area (Å²) < 4.78 is 127. The van der Waals surface area contributed by atoms with E-state index in [9.17, 15) is 49.0 Å². The van der Waals surface area contributed by atoms with Gasteiger partial charge in [0.15, 0.2) is 0 Å². The van der Waals surface area contributed by atoms with Crippen molar-refractivity contribution in [2.24, 2.45) is 0 Å². The van der Waals surface area contributed by atoms with Crippen molar-refractivity contribution in [3.63, 3.8) is 0 Å². The Morgan fingerprint density at radius 3 is 1.17 bits per heavy atom. The molecule has 0 amide bonds. The smallest absolute Gasteiger partial charge is 0.837 e. The molecule has 0 aliphatic heterocycles. The van der Waals surface area contributed by atoms with Gasteiger partial charge in [0.2, 0.25) is 0 Å². The Bertz CT molecular complexity index is 496. The van der Waals surface area contributed by atoms with Crippen LogP contribution in [0.1, 0.15) is 5.56 Å². The Kier molecular flexibility index (Phi) is 7.20. The quantitative estimate of drug-likeness (QED) is 0.588. The van der Waals surface area contributed by atoms with Gasteiger partial charge in [-0.25, -0.2) is 0 Å². The second-order valence-corrected chi connectivity index (χ2v) is 4.19. The van der Waals surface area contributed by atoms with Gasteiger partial charge in [0, 0.05) is 0 Å². The molecule has 0 aliphatic carbocycles. The molecule has 0 aromatic heterocycles. The fraction of sp³-hybridized carbons (Fsp3) is 0.455. The maximum absolute atomic E-state index is 13.3. The molecule has 0 bridgehead atoms. The van der Waals surface area contributed by atoms with Crippen LogP contribution in [0.15, 0.2) is 30.3 Å². The molecule has 1 nitrogen and oxygen atoms in total. The van der Waals surface area contributed by atoms with Gasteiger partial charge in [0.25, 0.3) is 0 Å². The molecule has 0 spiro atoms.